The second kappa shape index (κ2) is 3.38. The highest BCUT2D eigenvalue weighted by Crippen LogP contribution is 2.53. The molecule has 0 atom stereocenters. The van der Waals surface area contributed by atoms with E-state index >= 15 is 0 Å². The molecule has 0 radical (unpaired) electrons. The number of rotatable bonds is 0. The Bertz CT molecular complexity index is 686. The molecular formula is C17H18N2. The van der Waals surface area contributed by atoms with Crippen LogP contribution in [-0.4, -0.2) is 18.6 Å². The summed E-state index contributed by atoms with van der Waals surface area (Å²) in [5.41, 5.74) is 8.32. The Kier molecular flexibility index (Phi) is 1.96. The van der Waals surface area contributed by atoms with Crippen LogP contribution in [0.25, 0.3) is 11.3 Å². The molecule has 1 aromatic heterocycles. The zero-order valence-corrected chi connectivity index (χ0v) is 11.7. The summed E-state index contributed by atoms with van der Waals surface area (Å²) in [5.74, 6) is 0. The molecule has 0 bridgehead atoms. The lowest BCUT2D eigenvalue weighted by Gasteiger charge is -2.26. The van der Waals surface area contributed by atoms with E-state index < -0.39 is 0 Å². The van der Waals surface area contributed by atoms with Gasteiger partial charge < -0.3 is 4.90 Å². The van der Waals surface area contributed by atoms with Gasteiger partial charge in [-0.1, -0.05) is 32.0 Å². The van der Waals surface area contributed by atoms with Crippen molar-refractivity contribution in [3.05, 3.63) is 47.2 Å². The second-order valence-corrected chi connectivity index (χ2v) is 6.19. The summed E-state index contributed by atoms with van der Waals surface area (Å²) in [5, 5.41) is 0. The molecule has 0 amide bonds. The van der Waals surface area contributed by atoms with Crippen LogP contribution in [0.3, 0.4) is 0 Å². The number of fused-ring (bicyclic) bond motifs is 5. The molecule has 0 N–H and O–H groups in total. The number of likely N-dealkylation sites (N-methyl/N-ethyl adjacent to an activating group) is 1. The van der Waals surface area contributed by atoms with Gasteiger partial charge in [-0.3, -0.25) is 4.98 Å². The molecule has 0 saturated carbocycles. The van der Waals surface area contributed by atoms with Crippen LogP contribution in [0, 0.1) is 0 Å². The van der Waals surface area contributed by atoms with Crippen LogP contribution in [0.5, 0.6) is 0 Å². The Balaban J connectivity index is 2.11. The first-order chi connectivity index (χ1) is 9.10. The zero-order valence-electron chi connectivity index (χ0n) is 11.7. The quantitative estimate of drug-likeness (QED) is 0.712. The van der Waals surface area contributed by atoms with E-state index in [2.05, 4.69) is 55.0 Å². The average molecular weight is 250 g/mol. The van der Waals surface area contributed by atoms with Crippen molar-refractivity contribution in [2.24, 2.45) is 0 Å². The number of nitrogens with zero attached hydrogens (tertiary/aromatic N) is 2. The Morgan fingerprint density at radius 1 is 1.21 bits per heavy atom. The fraction of sp³-hybridized carbons (Fsp3) is 0.353. The van der Waals surface area contributed by atoms with Crippen LogP contribution in [0.4, 0.5) is 5.69 Å². The molecule has 2 aromatic rings. The van der Waals surface area contributed by atoms with Gasteiger partial charge in [0.05, 0.1) is 5.69 Å². The summed E-state index contributed by atoms with van der Waals surface area (Å²) in [7, 11) is 2.21. The van der Waals surface area contributed by atoms with E-state index in [1.165, 1.54) is 40.1 Å². The van der Waals surface area contributed by atoms with Crippen LogP contribution in [0.1, 0.15) is 30.5 Å². The van der Waals surface area contributed by atoms with Crippen LogP contribution in [0.2, 0.25) is 0 Å². The molecule has 4 rings (SSSR count). The first kappa shape index (κ1) is 11.0. The van der Waals surface area contributed by atoms with Crippen LogP contribution < -0.4 is 4.90 Å². The summed E-state index contributed by atoms with van der Waals surface area (Å²) in [4.78, 5) is 7.03. The van der Waals surface area contributed by atoms with Gasteiger partial charge in [0.25, 0.3) is 0 Å². The molecule has 0 spiro atoms. The van der Waals surface area contributed by atoms with Crippen molar-refractivity contribution in [2.45, 2.75) is 25.7 Å². The first-order valence-electron chi connectivity index (χ1n) is 6.94. The number of pyridine rings is 1. The third kappa shape index (κ3) is 1.24. The Labute approximate surface area is 114 Å². The highest BCUT2D eigenvalue weighted by atomic mass is 15.1. The molecule has 1 aromatic carbocycles. The molecule has 19 heavy (non-hydrogen) atoms. The van der Waals surface area contributed by atoms with Crippen LogP contribution >= 0.6 is 0 Å². The lowest BCUT2D eigenvalue weighted by atomic mass is 9.81. The Morgan fingerprint density at radius 3 is 2.89 bits per heavy atom. The van der Waals surface area contributed by atoms with Gasteiger partial charge in [-0.2, -0.15) is 0 Å². The second-order valence-electron chi connectivity index (χ2n) is 6.19. The highest BCUT2D eigenvalue weighted by molar-refractivity contribution is 5.86. The van der Waals surface area contributed by atoms with Gasteiger partial charge >= 0.3 is 0 Å². The number of benzene rings is 1. The zero-order chi connectivity index (χ0) is 13.2. The van der Waals surface area contributed by atoms with E-state index in [-0.39, 0.29) is 5.41 Å². The third-order valence-corrected chi connectivity index (χ3v) is 4.72. The molecule has 0 saturated heterocycles. The fourth-order valence-corrected chi connectivity index (χ4v) is 3.76. The van der Waals surface area contributed by atoms with E-state index in [9.17, 15) is 0 Å². The minimum Gasteiger partial charge on any atom is -0.374 e. The van der Waals surface area contributed by atoms with E-state index in [1.807, 2.05) is 6.20 Å². The Hall–Kier alpha value is -1.83. The minimum absolute atomic E-state index is 0.0584. The van der Waals surface area contributed by atoms with Crippen molar-refractivity contribution >= 4 is 5.69 Å². The molecule has 2 aliphatic rings. The summed E-state index contributed by atoms with van der Waals surface area (Å²) in [6.07, 6.45) is 3.07. The van der Waals surface area contributed by atoms with E-state index in [0.29, 0.717) is 0 Å². The van der Waals surface area contributed by atoms with Crippen molar-refractivity contribution in [3.63, 3.8) is 0 Å². The molecule has 1 aliphatic heterocycles. The number of aromatic nitrogens is 1. The van der Waals surface area contributed by atoms with E-state index in [1.54, 1.807) is 0 Å². The summed E-state index contributed by atoms with van der Waals surface area (Å²) in [6.45, 7) is 5.78. The maximum atomic E-state index is 4.63. The van der Waals surface area contributed by atoms with Crippen molar-refractivity contribution < 1.29 is 0 Å². The highest BCUT2D eigenvalue weighted by Gasteiger charge is 2.40. The maximum absolute atomic E-state index is 4.63. The third-order valence-electron chi connectivity index (χ3n) is 4.72. The number of hydrogen-bond donors (Lipinski definition) is 0. The SMILES string of the molecule is CN1CCc2ccc3c(c21)C(C)(C)c1cccnc1-3. The predicted octanol–water partition coefficient (Wildman–Crippen LogP) is 3.38. The molecule has 0 fully saturated rings. The summed E-state index contributed by atoms with van der Waals surface area (Å²) >= 11 is 0. The van der Waals surface area contributed by atoms with Gasteiger partial charge in [0.2, 0.25) is 0 Å². The standard InChI is InChI=1S/C17H18N2/c1-17(2)13-5-4-9-18-15(13)12-7-6-11-8-10-19(3)16(11)14(12)17/h4-7,9H,8,10H2,1-3H3. The van der Waals surface area contributed by atoms with E-state index in [4.69, 9.17) is 0 Å². The van der Waals surface area contributed by atoms with Gasteiger partial charge in [0.15, 0.2) is 0 Å². The van der Waals surface area contributed by atoms with Gasteiger partial charge in [-0.25, -0.2) is 0 Å². The van der Waals surface area contributed by atoms with Gasteiger partial charge in [-0.05, 0) is 29.2 Å². The van der Waals surface area contributed by atoms with E-state index in [0.717, 1.165) is 6.54 Å². The summed E-state index contributed by atoms with van der Waals surface area (Å²) in [6, 6.07) is 8.84. The van der Waals surface area contributed by atoms with Gasteiger partial charge in [0.1, 0.15) is 0 Å². The molecule has 2 nitrogen and oxygen atoms in total. The average Bonchev–Trinajstić information content (AvgIpc) is 2.89. The van der Waals surface area contributed by atoms with Crippen molar-refractivity contribution in [2.75, 3.05) is 18.5 Å². The monoisotopic (exact) mass is 250 g/mol. The normalized spacial score (nSPS) is 18.2. The van der Waals surface area contributed by atoms with Crippen LogP contribution in [0.15, 0.2) is 30.5 Å². The Morgan fingerprint density at radius 2 is 2.05 bits per heavy atom. The number of hydrogen-bond acceptors (Lipinski definition) is 2. The minimum atomic E-state index is 0.0584. The van der Waals surface area contributed by atoms with Crippen LogP contribution in [-0.2, 0) is 11.8 Å². The topological polar surface area (TPSA) is 16.1 Å². The smallest absolute Gasteiger partial charge is 0.0746 e. The lowest BCUT2D eigenvalue weighted by molar-refractivity contribution is 0.658. The first-order valence-corrected chi connectivity index (χ1v) is 6.94. The molecule has 2 heterocycles. The fourth-order valence-electron chi connectivity index (χ4n) is 3.76. The number of anilines is 1. The van der Waals surface area contributed by atoms with Gasteiger partial charge in [0, 0.05) is 36.5 Å². The molecular weight excluding hydrogens is 232 g/mol. The van der Waals surface area contributed by atoms with Crippen molar-refractivity contribution in [1.82, 2.24) is 4.98 Å². The largest absolute Gasteiger partial charge is 0.374 e. The van der Waals surface area contributed by atoms with Gasteiger partial charge in [-0.15, -0.1) is 0 Å². The maximum Gasteiger partial charge on any atom is 0.0746 e. The van der Waals surface area contributed by atoms with Crippen molar-refractivity contribution in [1.29, 1.82) is 0 Å². The van der Waals surface area contributed by atoms with Crippen molar-refractivity contribution in [3.8, 4) is 11.3 Å². The molecule has 96 valence electrons. The predicted molar refractivity (Wildman–Crippen MR) is 78.8 cm³/mol. The molecule has 0 unspecified atom stereocenters. The molecule has 1 aliphatic carbocycles. The molecule has 2 heteroatoms. The lowest BCUT2D eigenvalue weighted by Crippen LogP contribution is -2.21. The summed E-state index contributed by atoms with van der Waals surface area (Å²) < 4.78 is 0.